The maximum absolute atomic E-state index is 5.95. The van der Waals surface area contributed by atoms with E-state index in [0.29, 0.717) is 22.4 Å². The fourth-order valence-electron chi connectivity index (χ4n) is 1.71. The normalized spacial score (nSPS) is 10.8. The smallest absolute Gasteiger partial charge is 0.198 e. The van der Waals surface area contributed by atoms with Gasteiger partial charge in [-0.15, -0.1) is 10.2 Å². The van der Waals surface area contributed by atoms with Gasteiger partial charge in [-0.3, -0.25) is 9.38 Å². The molecule has 0 aliphatic heterocycles. The van der Waals surface area contributed by atoms with Crippen LogP contribution in [0.1, 0.15) is 0 Å². The second kappa shape index (κ2) is 4.23. The van der Waals surface area contributed by atoms with Crippen LogP contribution in [0.25, 0.3) is 17.0 Å². The molecule has 3 aromatic heterocycles. The van der Waals surface area contributed by atoms with Crippen LogP contribution in [0.5, 0.6) is 5.75 Å². The van der Waals surface area contributed by atoms with Gasteiger partial charge in [-0.25, -0.2) is 4.98 Å². The van der Waals surface area contributed by atoms with Crippen molar-refractivity contribution in [2.24, 2.45) is 0 Å². The molecule has 3 aromatic rings. The van der Waals surface area contributed by atoms with E-state index in [9.17, 15) is 0 Å². The number of rotatable bonds is 2. The Labute approximate surface area is 107 Å². The molecule has 0 saturated carbocycles. The van der Waals surface area contributed by atoms with E-state index in [2.05, 4.69) is 20.2 Å². The van der Waals surface area contributed by atoms with Crippen LogP contribution in [0.3, 0.4) is 0 Å². The Bertz CT molecular complexity index is 711. The fraction of sp³-hybridized carbons (Fsp3) is 0.0909. The SMILES string of the molecule is COc1cnccc1-c1nnc2c(Cl)nccn12. The Morgan fingerprint density at radius 3 is 3.00 bits per heavy atom. The lowest BCUT2D eigenvalue weighted by molar-refractivity contribution is 0.414. The molecule has 18 heavy (non-hydrogen) atoms. The van der Waals surface area contributed by atoms with E-state index in [0.717, 1.165) is 5.56 Å². The predicted molar refractivity (Wildman–Crippen MR) is 65.6 cm³/mol. The molecule has 0 bridgehead atoms. The van der Waals surface area contributed by atoms with Crippen molar-refractivity contribution in [1.29, 1.82) is 0 Å². The zero-order chi connectivity index (χ0) is 12.5. The highest BCUT2D eigenvalue weighted by molar-refractivity contribution is 6.32. The van der Waals surface area contributed by atoms with Crippen LogP contribution in [-0.4, -0.2) is 31.7 Å². The molecule has 0 spiro atoms. The summed E-state index contributed by atoms with van der Waals surface area (Å²) in [6, 6.07) is 1.81. The monoisotopic (exact) mass is 261 g/mol. The molecule has 3 heterocycles. The Kier molecular flexibility index (Phi) is 2.56. The summed E-state index contributed by atoms with van der Waals surface area (Å²) in [5.74, 6) is 1.26. The van der Waals surface area contributed by atoms with Crippen molar-refractivity contribution in [1.82, 2.24) is 24.6 Å². The average molecular weight is 262 g/mol. The summed E-state index contributed by atoms with van der Waals surface area (Å²) >= 11 is 5.95. The summed E-state index contributed by atoms with van der Waals surface area (Å²) in [5, 5.41) is 8.44. The first kappa shape index (κ1) is 10.9. The highest BCUT2D eigenvalue weighted by atomic mass is 35.5. The molecular formula is C11H8ClN5O. The second-order valence-electron chi connectivity index (χ2n) is 3.51. The van der Waals surface area contributed by atoms with Crippen molar-refractivity contribution >= 4 is 17.2 Å². The van der Waals surface area contributed by atoms with E-state index in [1.807, 2.05) is 6.07 Å². The standard InChI is InChI=1S/C11H8ClN5O/c1-18-8-6-13-3-2-7(8)10-15-16-11-9(12)14-4-5-17(10)11/h2-6H,1H3. The van der Waals surface area contributed by atoms with Gasteiger partial charge in [0.2, 0.25) is 0 Å². The second-order valence-corrected chi connectivity index (χ2v) is 3.87. The molecular weight excluding hydrogens is 254 g/mol. The van der Waals surface area contributed by atoms with Crippen molar-refractivity contribution in [2.45, 2.75) is 0 Å². The zero-order valence-corrected chi connectivity index (χ0v) is 10.2. The van der Waals surface area contributed by atoms with Crippen molar-refractivity contribution < 1.29 is 4.74 Å². The topological polar surface area (TPSA) is 65.2 Å². The largest absolute Gasteiger partial charge is 0.494 e. The van der Waals surface area contributed by atoms with Gasteiger partial charge in [0.25, 0.3) is 0 Å². The van der Waals surface area contributed by atoms with Gasteiger partial charge in [0.15, 0.2) is 16.6 Å². The van der Waals surface area contributed by atoms with E-state index in [1.54, 1.807) is 36.3 Å². The number of pyridine rings is 1. The van der Waals surface area contributed by atoms with Crippen molar-refractivity contribution in [2.75, 3.05) is 7.11 Å². The van der Waals surface area contributed by atoms with E-state index in [-0.39, 0.29) is 0 Å². The molecule has 0 aromatic carbocycles. The van der Waals surface area contributed by atoms with Crippen molar-refractivity contribution in [3.8, 4) is 17.1 Å². The molecule has 0 atom stereocenters. The highest BCUT2D eigenvalue weighted by Gasteiger charge is 2.14. The summed E-state index contributed by atoms with van der Waals surface area (Å²) < 4.78 is 7.01. The maximum Gasteiger partial charge on any atom is 0.198 e. The summed E-state index contributed by atoms with van der Waals surface area (Å²) in [5.41, 5.74) is 1.30. The molecule has 0 saturated heterocycles. The quantitative estimate of drug-likeness (QED) is 0.704. The average Bonchev–Trinajstić information content (AvgIpc) is 2.84. The first-order valence-electron chi connectivity index (χ1n) is 5.15. The Hall–Kier alpha value is -2.21. The number of aromatic nitrogens is 5. The van der Waals surface area contributed by atoms with Gasteiger partial charge in [-0.2, -0.15) is 0 Å². The Morgan fingerprint density at radius 1 is 1.28 bits per heavy atom. The number of nitrogens with zero attached hydrogens (tertiary/aromatic N) is 5. The maximum atomic E-state index is 5.95. The number of ether oxygens (including phenoxy) is 1. The Morgan fingerprint density at radius 2 is 2.17 bits per heavy atom. The lowest BCUT2D eigenvalue weighted by Crippen LogP contribution is -1.94. The molecule has 3 rings (SSSR count). The first-order chi connectivity index (χ1) is 8.81. The van der Waals surface area contributed by atoms with Crippen LogP contribution < -0.4 is 4.74 Å². The third kappa shape index (κ3) is 1.58. The molecule has 0 amide bonds. The van der Waals surface area contributed by atoms with Gasteiger partial charge in [0, 0.05) is 18.6 Å². The molecule has 0 aliphatic carbocycles. The van der Waals surface area contributed by atoms with Gasteiger partial charge in [0.05, 0.1) is 18.9 Å². The minimum absolute atomic E-state index is 0.310. The summed E-state index contributed by atoms with van der Waals surface area (Å²) in [4.78, 5) is 7.96. The van der Waals surface area contributed by atoms with Gasteiger partial charge < -0.3 is 4.74 Å². The van der Waals surface area contributed by atoms with Crippen LogP contribution in [0, 0.1) is 0 Å². The van der Waals surface area contributed by atoms with Crippen LogP contribution in [0.4, 0.5) is 0 Å². The number of hydrogen-bond donors (Lipinski definition) is 0. The molecule has 0 unspecified atom stereocenters. The molecule has 90 valence electrons. The summed E-state index contributed by atoms with van der Waals surface area (Å²) in [6.07, 6.45) is 6.63. The van der Waals surface area contributed by atoms with Crippen LogP contribution >= 0.6 is 11.6 Å². The third-order valence-corrected chi connectivity index (χ3v) is 2.80. The minimum atomic E-state index is 0.310. The van der Waals surface area contributed by atoms with Crippen LogP contribution in [0.15, 0.2) is 30.9 Å². The van der Waals surface area contributed by atoms with Crippen molar-refractivity contribution in [3.05, 3.63) is 36.0 Å². The molecule has 7 heteroatoms. The summed E-state index contributed by atoms with van der Waals surface area (Å²) in [6.45, 7) is 0. The molecule has 6 nitrogen and oxygen atoms in total. The zero-order valence-electron chi connectivity index (χ0n) is 9.41. The number of halogens is 1. The molecule has 0 aliphatic rings. The first-order valence-corrected chi connectivity index (χ1v) is 5.52. The lowest BCUT2D eigenvalue weighted by atomic mass is 10.2. The Balaban J connectivity index is 2.29. The number of hydrogen-bond acceptors (Lipinski definition) is 5. The van der Waals surface area contributed by atoms with Crippen molar-refractivity contribution in [3.63, 3.8) is 0 Å². The highest BCUT2D eigenvalue weighted by Crippen LogP contribution is 2.28. The van der Waals surface area contributed by atoms with Crippen LogP contribution in [-0.2, 0) is 0 Å². The lowest BCUT2D eigenvalue weighted by Gasteiger charge is -2.05. The minimum Gasteiger partial charge on any atom is -0.494 e. The van der Waals surface area contributed by atoms with Gasteiger partial charge >= 0.3 is 0 Å². The number of methoxy groups -OCH3 is 1. The number of fused-ring (bicyclic) bond motifs is 1. The van der Waals surface area contributed by atoms with E-state index in [4.69, 9.17) is 16.3 Å². The van der Waals surface area contributed by atoms with E-state index >= 15 is 0 Å². The van der Waals surface area contributed by atoms with Gasteiger partial charge in [-0.1, -0.05) is 11.6 Å². The van der Waals surface area contributed by atoms with Gasteiger partial charge in [-0.05, 0) is 6.07 Å². The molecule has 0 fully saturated rings. The third-order valence-electron chi connectivity index (χ3n) is 2.53. The van der Waals surface area contributed by atoms with Gasteiger partial charge in [0.1, 0.15) is 5.75 Å². The van der Waals surface area contributed by atoms with Crippen LogP contribution in [0.2, 0.25) is 5.15 Å². The molecule has 0 radical (unpaired) electrons. The van der Waals surface area contributed by atoms with E-state index < -0.39 is 0 Å². The predicted octanol–water partition coefficient (Wildman–Crippen LogP) is 1.85. The fourth-order valence-corrected chi connectivity index (χ4v) is 1.89. The summed E-state index contributed by atoms with van der Waals surface area (Å²) in [7, 11) is 1.58. The van der Waals surface area contributed by atoms with E-state index in [1.165, 1.54) is 0 Å². The molecule has 0 N–H and O–H groups in total.